The van der Waals surface area contributed by atoms with Gasteiger partial charge in [-0.15, -0.1) is 0 Å². The summed E-state index contributed by atoms with van der Waals surface area (Å²) in [6.07, 6.45) is 3.27. The highest BCUT2D eigenvalue weighted by Gasteiger charge is 2.37. The first-order valence-corrected chi connectivity index (χ1v) is 7.63. The lowest BCUT2D eigenvalue weighted by molar-refractivity contribution is 0.221. The van der Waals surface area contributed by atoms with Crippen LogP contribution >= 0.6 is 0 Å². The van der Waals surface area contributed by atoms with Crippen molar-refractivity contribution in [3.8, 4) is 11.4 Å². The van der Waals surface area contributed by atoms with Crippen molar-refractivity contribution in [1.82, 2.24) is 20.4 Å². The number of piperidine rings is 1. The Bertz CT molecular complexity index is 609. The molecule has 0 radical (unpaired) electrons. The van der Waals surface area contributed by atoms with Gasteiger partial charge in [0.1, 0.15) is 0 Å². The molecule has 0 amide bonds. The standard InChI is InChI=1S/C16H22N4O/c1-4-16(6-5-7-17-10-16)15-19-14(20-21-15)13-8-11(2)18-12(3)9-13/h8-9,17H,4-7,10H2,1-3H3. The predicted octanol–water partition coefficient (Wildman–Crippen LogP) is 2.78. The first kappa shape index (κ1) is 14.2. The Balaban J connectivity index is 1.95. The number of aryl methyl sites for hydroxylation is 2. The van der Waals surface area contributed by atoms with Crippen molar-refractivity contribution in [2.24, 2.45) is 0 Å². The van der Waals surface area contributed by atoms with E-state index in [1.807, 2.05) is 26.0 Å². The lowest BCUT2D eigenvalue weighted by Crippen LogP contribution is -2.43. The van der Waals surface area contributed by atoms with Gasteiger partial charge in [-0.25, -0.2) is 0 Å². The van der Waals surface area contributed by atoms with E-state index in [4.69, 9.17) is 4.52 Å². The molecule has 1 aliphatic rings. The average molecular weight is 286 g/mol. The number of nitrogens with one attached hydrogen (secondary N) is 1. The van der Waals surface area contributed by atoms with Gasteiger partial charge in [-0.2, -0.15) is 4.98 Å². The Morgan fingerprint density at radius 3 is 2.62 bits per heavy atom. The second-order valence-corrected chi connectivity index (χ2v) is 5.98. The number of rotatable bonds is 3. The van der Waals surface area contributed by atoms with Crippen LogP contribution in [-0.4, -0.2) is 28.2 Å². The second kappa shape index (κ2) is 5.56. The van der Waals surface area contributed by atoms with Crippen LogP contribution in [0.3, 0.4) is 0 Å². The highest BCUT2D eigenvalue weighted by molar-refractivity contribution is 5.55. The van der Waals surface area contributed by atoms with Gasteiger partial charge in [0.25, 0.3) is 0 Å². The summed E-state index contributed by atoms with van der Waals surface area (Å²) < 4.78 is 5.61. The molecule has 0 aliphatic carbocycles. The van der Waals surface area contributed by atoms with Gasteiger partial charge in [-0.3, -0.25) is 4.98 Å². The second-order valence-electron chi connectivity index (χ2n) is 5.98. The highest BCUT2D eigenvalue weighted by Crippen LogP contribution is 2.34. The van der Waals surface area contributed by atoms with Gasteiger partial charge in [0, 0.05) is 23.5 Å². The minimum atomic E-state index is -0.0133. The summed E-state index contributed by atoms with van der Waals surface area (Å²) >= 11 is 0. The van der Waals surface area contributed by atoms with E-state index >= 15 is 0 Å². The summed E-state index contributed by atoms with van der Waals surface area (Å²) in [7, 11) is 0. The van der Waals surface area contributed by atoms with E-state index in [1.165, 1.54) is 0 Å². The summed E-state index contributed by atoms with van der Waals surface area (Å²) in [5.74, 6) is 1.43. The number of aromatic nitrogens is 3. The van der Waals surface area contributed by atoms with Crippen LogP contribution in [0.25, 0.3) is 11.4 Å². The molecule has 0 saturated carbocycles. The molecule has 1 N–H and O–H groups in total. The summed E-state index contributed by atoms with van der Waals surface area (Å²) in [5, 5.41) is 7.65. The molecule has 112 valence electrons. The van der Waals surface area contributed by atoms with Gasteiger partial charge in [-0.05, 0) is 51.8 Å². The van der Waals surface area contributed by atoms with E-state index in [1.54, 1.807) is 0 Å². The Labute approximate surface area is 125 Å². The minimum absolute atomic E-state index is 0.0133. The third kappa shape index (κ3) is 2.70. The van der Waals surface area contributed by atoms with Crippen molar-refractivity contribution in [3.05, 3.63) is 29.4 Å². The molecule has 21 heavy (non-hydrogen) atoms. The molecule has 1 saturated heterocycles. The topological polar surface area (TPSA) is 63.8 Å². The quantitative estimate of drug-likeness (QED) is 0.940. The maximum Gasteiger partial charge on any atom is 0.234 e. The van der Waals surface area contributed by atoms with Gasteiger partial charge >= 0.3 is 0 Å². The van der Waals surface area contributed by atoms with Crippen LogP contribution in [0.5, 0.6) is 0 Å². The zero-order valence-corrected chi connectivity index (χ0v) is 12.9. The molecule has 3 heterocycles. The van der Waals surface area contributed by atoms with Gasteiger partial charge < -0.3 is 9.84 Å². The van der Waals surface area contributed by atoms with E-state index in [0.717, 1.165) is 55.2 Å². The van der Waals surface area contributed by atoms with Crippen LogP contribution < -0.4 is 5.32 Å². The lowest BCUT2D eigenvalue weighted by atomic mass is 9.78. The van der Waals surface area contributed by atoms with E-state index in [9.17, 15) is 0 Å². The van der Waals surface area contributed by atoms with Gasteiger partial charge in [0.05, 0.1) is 5.41 Å². The minimum Gasteiger partial charge on any atom is -0.338 e. The normalized spacial score (nSPS) is 22.4. The maximum atomic E-state index is 5.61. The molecule has 0 aromatic carbocycles. The van der Waals surface area contributed by atoms with Crippen molar-refractivity contribution in [3.63, 3.8) is 0 Å². The number of nitrogens with zero attached hydrogens (tertiary/aromatic N) is 3. The summed E-state index contributed by atoms with van der Waals surface area (Å²) in [5.41, 5.74) is 2.91. The molecule has 2 aromatic heterocycles. The molecule has 3 rings (SSSR count). The molecule has 1 fully saturated rings. The van der Waals surface area contributed by atoms with Crippen LogP contribution in [0.2, 0.25) is 0 Å². The molecule has 5 nitrogen and oxygen atoms in total. The SMILES string of the molecule is CCC1(c2nc(-c3cc(C)nc(C)c3)no2)CCCNC1. The number of hydrogen-bond donors (Lipinski definition) is 1. The van der Waals surface area contributed by atoms with Gasteiger partial charge in [0.2, 0.25) is 11.7 Å². The largest absolute Gasteiger partial charge is 0.338 e. The van der Waals surface area contributed by atoms with Crippen LogP contribution in [0, 0.1) is 13.8 Å². The number of pyridine rings is 1. The maximum absolute atomic E-state index is 5.61. The first-order chi connectivity index (χ1) is 10.1. The molecule has 5 heteroatoms. The predicted molar refractivity (Wildman–Crippen MR) is 81.1 cm³/mol. The van der Waals surface area contributed by atoms with Crippen molar-refractivity contribution < 1.29 is 4.52 Å². The van der Waals surface area contributed by atoms with Gasteiger partial charge in [0.15, 0.2) is 0 Å². The summed E-state index contributed by atoms with van der Waals surface area (Å²) in [4.78, 5) is 9.07. The number of hydrogen-bond acceptors (Lipinski definition) is 5. The van der Waals surface area contributed by atoms with E-state index in [2.05, 4.69) is 27.4 Å². The smallest absolute Gasteiger partial charge is 0.234 e. The van der Waals surface area contributed by atoms with E-state index in [0.29, 0.717) is 5.82 Å². The molecule has 0 spiro atoms. The van der Waals surface area contributed by atoms with E-state index < -0.39 is 0 Å². The van der Waals surface area contributed by atoms with Crippen molar-refractivity contribution >= 4 is 0 Å². The molecule has 1 aliphatic heterocycles. The average Bonchev–Trinajstić information content (AvgIpc) is 2.97. The van der Waals surface area contributed by atoms with Crippen molar-refractivity contribution in [2.45, 2.75) is 45.4 Å². The summed E-state index contributed by atoms with van der Waals surface area (Å²) in [6.45, 7) is 8.15. The molecule has 2 aromatic rings. The molecule has 0 bridgehead atoms. The van der Waals surface area contributed by atoms with Gasteiger partial charge in [-0.1, -0.05) is 12.1 Å². The Morgan fingerprint density at radius 1 is 1.24 bits per heavy atom. The van der Waals surface area contributed by atoms with E-state index in [-0.39, 0.29) is 5.41 Å². The van der Waals surface area contributed by atoms with Crippen LogP contribution in [0.4, 0.5) is 0 Å². The fourth-order valence-electron chi connectivity index (χ4n) is 3.12. The Kier molecular flexibility index (Phi) is 3.76. The van der Waals surface area contributed by atoms with Crippen LogP contribution in [0.1, 0.15) is 43.5 Å². The molecule has 1 atom stereocenters. The van der Waals surface area contributed by atoms with Crippen LogP contribution in [0.15, 0.2) is 16.7 Å². The monoisotopic (exact) mass is 286 g/mol. The fraction of sp³-hybridized carbons (Fsp3) is 0.562. The van der Waals surface area contributed by atoms with Crippen molar-refractivity contribution in [1.29, 1.82) is 0 Å². The summed E-state index contributed by atoms with van der Waals surface area (Å²) in [6, 6.07) is 4.00. The van der Waals surface area contributed by atoms with Crippen molar-refractivity contribution in [2.75, 3.05) is 13.1 Å². The first-order valence-electron chi connectivity index (χ1n) is 7.63. The highest BCUT2D eigenvalue weighted by atomic mass is 16.5. The fourth-order valence-corrected chi connectivity index (χ4v) is 3.12. The van der Waals surface area contributed by atoms with Crippen LogP contribution in [-0.2, 0) is 5.41 Å². The zero-order valence-electron chi connectivity index (χ0n) is 12.9. The third-order valence-corrected chi connectivity index (χ3v) is 4.37. The Morgan fingerprint density at radius 2 is 2.00 bits per heavy atom. The Hall–Kier alpha value is -1.75. The lowest BCUT2D eigenvalue weighted by Gasteiger charge is -2.33. The molecular formula is C16H22N4O. The molecular weight excluding hydrogens is 264 g/mol. The molecule has 1 unspecified atom stereocenters. The zero-order chi connectivity index (χ0) is 14.9. The third-order valence-electron chi connectivity index (χ3n) is 4.37.